The molecule has 2 amide bonds. The van der Waals surface area contributed by atoms with E-state index in [1.54, 1.807) is 6.92 Å². The summed E-state index contributed by atoms with van der Waals surface area (Å²) in [6, 6.07) is 0. The smallest absolute Gasteiger partial charge is 0.225 e. The summed E-state index contributed by atoms with van der Waals surface area (Å²) in [5.74, 6) is 1.61. The maximum absolute atomic E-state index is 12.6. The van der Waals surface area contributed by atoms with Crippen LogP contribution < -0.4 is 11.1 Å². The lowest BCUT2D eigenvalue weighted by Crippen LogP contribution is -2.44. The van der Waals surface area contributed by atoms with Crippen LogP contribution in [0, 0.1) is 17.8 Å². The topological polar surface area (TPSA) is 75.4 Å². The lowest BCUT2D eigenvalue weighted by molar-refractivity contribution is -0.138. The number of hydrogen-bond donors (Lipinski definition) is 2. The Balaban J connectivity index is 1.76. The van der Waals surface area contributed by atoms with Crippen LogP contribution >= 0.6 is 0 Å². The molecule has 1 saturated carbocycles. The highest BCUT2D eigenvalue weighted by Crippen LogP contribution is 2.30. The van der Waals surface area contributed by atoms with Crippen LogP contribution in [-0.4, -0.2) is 42.9 Å². The SMILES string of the molecule is CC(=O)NCC1CCN(C(=O)C2CCCC(CN)C2)CC1. The van der Waals surface area contributed by atoms with Crippen LogP contribution in [0.2, 0.25) is 0 Å². The number of rotatable bonds is 4. The molecule has 2 rings (SSSR count). The number of hydrogen-bond acceptors (Lipinski definition) is 3. The van der Waals surface area contributed by atoms with Crippen LogP contribution in [0.5, 0.6) is 0 Å². The molecule has 5 heteroatoms. The van der Waals surface area contributed by atoms with Crippen LogP contribution in [-0.2, 0) is 9.59 Å². The van der Waals surface area contributed by atoms with Gasteiger partial charge in [0.1, 0.15) is 0 Å². The molecule has 3 N–H and O–H groups in total. The van der Waals surface area contributed by atoms with Crippen molar-refractivity contribution in [2.45, 2.75) is 45.4 Å². The van der Waals surface area contributed by atoms with Crippen LogP contribution in [0.4, 0.5) is 0 Å². The number of nitrogens with zero attached hydrogens (tertiary/aromatic N) is 1. The molecular formula is C16H29N3O2. The van der Waals surface area contributed by atoms with Crippen LogP contribution in [0.15, 0.2) is 0 Å². The fourth-order valence-electron chi connectivity index (χ4n) is 3.63. The van der Waals surface area contributed by atoms with E-state index in [1.165, 1.54) is 6.42 Å². The van der Waals surface area contributed by atoms with Gasteiger partial charge >= 0.3 is 0 Å². The predicted octanol–water partition coefficient (Wildman–Crippen LogP) is 1.13. The standard InChI is InChI=1S/C16H29N3O2/c1-12(20)18-11-13-5-7-19(8-6-13)16(21)15-4-2-3-14(9-15)10-17/h13-15H,2-11,17H2,1H3,(H,18,20). The van der Waals surface area contributed by atoms with Crippen LogP contribution in [0.3, 0.4) is 0 Å². The molecule has 120 valence electrons. The van der Waals surface area contributed by atoms with Gasteiger partial charge in [-0.25, -0.2) is 0 Å². The van der Waals surface area contributed by atoms with Gasteiger partial charge in [-0.3, -0.25) is 9.59 Å². The van der Waals surface area contributed by atoms with E-state index >= 15 is 0 Å². The molecule has 0 spiro atoms. The second-order valence-corrected chi connectivity index (χ2v) is 6.67. The second kappa shape index (κ2) is 7.78. The Kier molecular flexibility index (Phi) is 6.03. The van der Waals surface area contributed by atoms with Crippen molar-refractivity contribution in [2.24, 2.45) is 23.5 Å². The summed E-state index contributed by atoms with van der Waals surface area (Å²) in [5.41, 5.74) is 5.76. The average molecular weight is 295 g/mol. The number of carbonyl (C=O) groups is 2. The molecule has 0 aromatic rings. The van der Waals surface area contributed by atoms with Crippen molar-refractivity contribution < 1.29 is 9.59 Å². The molecule has 1 saturated heterocycles. The third-order valence-electron chi connectivity index (χ3n) is 5.03. The number of carbonyl (C=O) groups excluding carboxylic acids is 2. The molecular weight excluding hydrogens is 266 g/mol. The van der Waals surface area contributed by atoms with Crippen molar-refractivity contribution in [1.82, 2.24) is 10.2 Å². The zero-order chi connectivity index (χ0) is 15.2. The van der Waals surface area contributed by atoms with E-state index in [0.717, 1.165) is 51.7 Å². The first-order valence-electron chi connectivity index (χ1n) is 8.33. The minimum Gasteiger partial charge on any atom is -0.356 e. The molecule has 0 aromatic carbocycles. The van der Waals surface area contributed by atoms with E-state index < -0.39 is 0 Å². The number of piperidine rings is 1. The van der Waals surface area contributed by atoms with Crippen molar-refractivity contribution in [2.75, 3.05) is 26.2 Å². The van der Waals surface area contributed by atoms with Crippen molar-refractivity contribution in [1.29, 1.82) is 0 Å². The first-order chi connectivity index (χ1) is 10.1. The van der Waals surface area contributed by atoms with E-state index in [9.17, 15) is 9.59 Å². The van der Waals surface area contributed by atoms with E-state index in [0.29, 0.717) is 24.3 Å². The third kappa shape index (κ3) is 4.70. The number of likely N-dealkylation sites (tertiary alicyclic amines) is 1. The van der Waals surface area contributed by atoms with E-state index in [-0.39, 0.29) is 11.8 Å². The summed E-state index contributed by atoms with van der Waals surface area (Å²) >= 11 is 0. The molecule has 1 aliphatic carbocycles. The summed E-state index contributed by atoms with van der Waals surface area (Å²) in [7, 11) is 0. The molecule has 2 unspecified atom stereocenters. The predicted molar refractivity (Wildman–Crippen MR) is 82.5 cm³/mol. The molecule has 0 bridgehead atoms. The Morgan fingerprint density at radius 2 is 1.86 bits per heavy atom. The Morgan fingerprint density at radius 1 is 1.14 bits per heavy atom. The molecule has 2 atom stereocenters. The highest BCUT2D eigenvalue weighted by atomic mass is 16.2. The molecule has 5 nitrogen and oxygen atoms in total. The van der Waals surface area contributed by atoms with Gasteiger partial charge in [-0.05, 0) is 50.5 Å². The minimum atomic E-state index is 0.0311. The zero-order valence-electron chi connectivity index (χ0n) is 13.1. The molecule has 2 aliphatic rings. The fourth-order valence-corrected chi connectivity index (χ4v) is 3.63. The van der Waals surface area contributed by atoms with Gasteiger partial charge in [0.2, 0.25) is 11.8 Å². The Morgan fingerprint density at radius 3 is 2.48 bits per heavy atom. The molecule has 2 fully saturated rings. The van der Waals surface area contributed by atoms with Crippen LogP contribution in [0.25, 0.3) is 0 Å². The second-order valence-electron chi connectivity index (χ2n) is 6.67. The monoisotopic (exact) mass is 295 g/mol. The van der Waals surface area contributed by atoms with Crippen molar-refractivity contribution >= 4 is 11.8 Å². The van der Waals surface area contributed by atoms with Gasteiger partial charge in [-0.2, -0.15) is 0 Å². The maximum atomic E-state index is 12.6. The Labute approximate surface area is 127 Å². The first kappa shape index (κ1) is 16.3. The summed E-state index contributed by atoms with van der Waals surface area (Å²) in [6.45, 7) is 4.69. The Hall–Kier alpha value is -1.10. The molecule has 21 heavy (non-hydrogen) atoms. The lowest BCUT2D eigenvalue weighted by atomic mass is 9.80. The van der Waals surface area contributed by atoms with Gasteiger partial charge < -0.3 is 16.0 Å². The van der Waals surface area contributed by atoms with Gasteiger partial charge in [-0.1, -0.05) is 6.42 Å². The summed E-state index contributed by atoms with van der Waals surface area (Å²) < 4.78 is 0. The zero-order valence-corrected chi connectivity index (χ0v) is 13.1. The quantitative estimate of drug-likeness (QED) is 0.816. The summed E-state index contributed by atoms with van der Waals surface area (Å²) in [4.78, 5) is 25.6. The van der Waals surface area contributed by atoms with E-state index in [1.807, 2.05) is 4.90 Å². The summed E-state index contributed by atoms with van der Waals surface area (Å²) in [6.07, 6.45) is 6.32. The van der Waals surface area contributed by atoms with Crippen LogP contribution in [0.1, 0.15) is 45.4 Å². The summed E-state index contributed by atoms with van der Waals surface area (Å²) in [5, 5.41) is 2.88. The van der Waals surface area contributed by atoms with Crippen molar-refractivity contribution in [3.63, 3.8) is 0 Å². The van der Waals surface area contributed by atoms with E-state index in [4.69, 9.17) is 5.73 Å². The van der Waals surface area contributed by atoms with Crippen molar-refractivity contribution in [3.8, 4) is 0 Å². The maximum Gasteiger partial charge on any atom is 0.225 e. The third-order valence-corrected chi connectivity index (χ3v) is 5.03. The largest absolute Gasteiger partial charge is 0.356 e. The molecule has 0 aromatic heterocycles. The first-order valence-corrected chi connectivity index (χ1v) is 8.33. The van der Waals surface area contributed by atoms with Gasteiger partial charge in [0.15, 0.2) is 0 Å². The molecule has 0 radical (unpaired) electrons. The minimum absolute atomic E-state index is 0.0311. The molecule has 1 aliphatic heterocycles. The normalized spacial score (nSPS) is 27.4. The van der Waals surface area contributed by atoms with Gasteiger partial charge in [0.05, 0.1) is 0 Å². The highest BCUT2D eigenvalue weighted by molar-refractivity contribution is 5.79. The fraction of sp³-hybridized carbons (Fsp3) is 0.875. The highest BCUT2D eigenvalue weighted by Gasteiger charge is 2.31. The average Bonchev–Trinajstić information content (AvgIpc) is 2.52. The van der Waals surface area contributed by atoms with Gasteiger partial charge in [0, 0.05) is 32.5 Å². The van der Waals surface area contributed by atoms with E-state index in [2.05, 4.69) is 5.32 Å². The number of nitrogens with two attached hydrogens (primary N) is 1. The Bertz CT molecular complexity index is 365. The number of nitrogens with one attached hydrogen (secondary N) is 1. The number of amides is 2. The van der Waals surface area contributed by atoms with Crippen molar-refractivity contribution in [3.05, 3.63) is 0 Å². The molecule has 1 heterocycles. The lowest BCUT2D eigenvalue weighted by Gasteiger charge is -2.36. The van der Waals surface area contributed by atoms with Gasteiger partial charge in [-0.15, -0.1) is 0 Å². The van der Waals surface area contributed by atoms with Gasteiger partial charge in [0.25, 0.3) is 0 Å².